The minimum atomic E-state index is -0.355. The summed E-state index contributed by atoms with van der Waals surface area (Å²) in [6, 6.07) is 7.47. The van der Waals surface area contributed by atoms with Gasteiger partial charge in [0, 0.05) is 37.8 Å². The Labute approximate surface area is 138 Å². The fourth-order valence-corrected chi connectivity index (χ4v) is 2.51. The molecule has 0 aliphatic carbocycles. The quantitative estimate of drug-likeness (QED) is 0.663. The fourth-order valence-electron chi connectivity index (χ4n) is 2.51. The van der Waals surface area contributed by atoms with Crippen LogP contribution in [0.25, 0.3) is 0 Å². The average molecular weight is 336 g/mol. The first-order valence-electron chi connectivity index (χ1n) is 6.84. The van der Waals surface area contributed by atoms with Crippen molar-refractivity contribution in [1.82, 2.24) is 10.2 Å². The van der Waals surface area contributed by atoms with Gasteiger partial charge in [-0.1, -0.05) is 12.1 Å². The third-order valence-corrected chi connectivity index (χ3v) is 3.54. The van der Waals surface area contributed by atoms with E-state index in [0.29, 0.717) is 6.04 Å². The third-order valence-electron chi connectivity index (χ3n) is 3.54. The van der Waals surface area contributed by atoms with Crippen LogP contribution in [-0.2, 0) is 6.42 Å². The van der Waals surface area contributed by atoms with E-state index >= 15 is 0 Å². The van der Waals surface area contributed by atoms with E-state index in [-0.39, 0.29) is 35.4 Å². The zero-order chi connectivity index (χ0) is 13.7. The Morgan fingerprint density at radius 2 is 2.00 bits per heavy atom. The van der Waals surface area contributed by atoms with Crippen molar-refractivity contribution in [3.05, 3.63) is 39.9 Å². The van der Waals surface area contributed by atoms with E-state index in [0.717, 1.165) is 39.0 Å². The number of nitrogens with one attached hydrogen (secondary N) is 1. The number of halogens is 2. The van der Waals surface area contributed by atoms with Gasteiger partial charge in [-0.25, -0.2) is 0 Å². The van der Waals surface area contributed by atoms with Gasteiger partial charge in [-0.05, 0) is 31.9 Å². The molecule has 1 fully saturated rings. The largest absolute Gasteiger partial charge is 0.312 e. The van der Waals surface area contributed by atoms with Crippen LogP contribution in [0, 0.1) is 10.1 Å². The van der Waals surface area contributed by atoms with Crippen LogP contribution < -0.4 is 5.32 Å². The lowest BCUT2D eigenvalue weighted by Gasteiger charge is -2.31. The summed E-state index contributed by atoms with van der Waals surface area (Å²) in [7, 11) is 0. The van der Waals surface area contributed by atoms with E-state index in [1.165, 1.54) is 5.56 Å². The summed E-state index contributed by atoms with van der Waals surface area (Å²) < 4.78 is 0. The maximum atomic E-state index is 10.6. The maximum Gasteiger partial charge on any atom is 0.269 e. The molecule has 0 radical (unpaired) electrons. The first-order chi connectivity index (χ1) is 9.15. The van der Waals surface area contributed by atoms with Gasteiger partial charge >= 0.3 is 0 Å². The van der Waals surface area contributed by atoms with Gasteiger partial charge in [-0.3, -0.25) is 10.1 Å². The first kappa shape index (κ1) is 20.1. The molecule has 1 N–H and O–H groups in total. The number of benzene rings is 1. The van der Waals surface area contributed by atoms with Crippen LogP contribution in [0.3, 0.4) is 0 Å². The van der Waals surface area contributed by atoms with Gasteiger partial charge in [-0.2, -0.15) is 0 Å². The van der Waals surface area contributed by atoms with Crippen molar-refractivity contribution in [2.24, 2.45) is 0 Å². The summed E-state index contributed by atoms with van der Waals surface area (Å²) in [5.41, 5.74) is 1.34. The van der Waals surface area contributed by atoms with Crippen molar-refractivity contribution in [3.63, 3.8) is 0 Å². The molecule has 0 amide bonds. The van der Waals surface area contributed by atoms with Crippen molar-refractivity contribution in [3.8, 4) is 0 Å². The highest BCUT2D eigenvalue weighted by atomic mass is 35.5. The summed E-state index contributed by atoms with van der Waals surface area (Å²) in [6.45, 7) is 6.61. The number of nitro groups is 1. The lowest BCUT2D eigenvalue weighted by Crippen LogP contribution is -2.49. The number of non-ortho nitro benzene ring substituents is 1. The van der Waals surface area contributed by atoms with Crippen LogP contribution in [0.1, 0.15) is 18.9 Å². The van der Waals surface area contributed by atoms with E-state index in [1.54, 1.807) is 12.1 Å². The third kappa shape index (κ3) is 6.61. The molecule has 21 heavy (non-hydrogen) atoms. The zero-order valence-electron chi connectivity index (χ0n) is 12.2. The first-order valence-corrected chi connectivity index (χ1v) is 6.84. The van der Waals surface area contributed by atoms with Gasteiger partial charge in [0.15, 0.2) is 0 Å². The highest BCUT2D eigenvalue weighted by Crippen LogP contribution is 2.13. The van der Waals surface area contributed by atoms with Gasteiger partial charge in [0.05, 0.1) is 4.92 Å². The second-order valence-corrected chi connectivity index (χ2v) is 5.18. The molecule has 7 heteroatoms. The van der Waals surface area contributed by atoms with E-state index in [2.05, 4.69) is 17.1 Å². The van der Waals surface area contributed by atoms with Gasteiger partial charge in [0.2, 0.25) is 0 Å². The normalized spacial score (nSPS) is 18.4. The topological polar surface area (TPSA) is 58.4 Å². The van der Waals surface area contributed by atoms with E-state index in [9.17, 15) is 10.1 Å². The molecular weight excluding hydrogens is 313 g/mol. The number of nitrogens with zero attached hydrogens (tertiary/aromatic N) is 2. The number of rotatable bonds is 5. The Hall–Kier alpha value is -0.880. The summed E-state index contributed by atoms with van der Waals surface area (Å²) >= 11 is 0. The Bertz CT molecular complexity index is 429. The van der Waals surface area contributed by atoms with Crippen LogP contribution >= 0.6 is 24.8 Å². The fraction of sp³-hybridized carbons (Fsp3) is 0.571. The number of piperazine rings is 1. The number of hydrogen-bond donors (Lipinski definition) is 1. The van der Waals surface area contributed by atoms with Crippen LogP contribution in [0.4, 0.5) is 5.69 Å². The highest BCUT2D eigenvalue weighted by molar-refractivity contribution is 5.85. The predicted molar refractivity (Wildman–Crippen MR) is 89.8 cm³/mol. The van der Waals surface area contributed by atoms with E-state index < -0.39 is 0 Å². The standard InChI is InChI=1S/C14H21N3O2.2ClH/c1-12-11-16(10-8-15-12)9-2-3-13-4-6-14(7-5-13)17(18)19;;/h4-7,12,15H,2-3,8-11H2,1H3;2*1H. The molecule has 120 valence electrons. The molecular formula is C14H23Cl2N3O2. The number of nitro benzene ring substituents is 1. The summed E-state index contributed by atoms with van der Waals surface area (Å²) in [5.74, 6) is 0. The van der Waals surface area contributed by atoms with Gasteiger partial charge in [0.1, 0.15) is 0 Å². The van der Waals surface area contributed by atoms with Crippen molar-refractivity contribution in [2.45, 2.75) is 25.8 Å². The zero-order valence-corrected chi connectivity index (χ0v) is 13.8. The van der Waals surface area contributed by atoms with Crippen molar-refractivity contribution < 1.29 is 4.92 Å². The minimum Gasteiger partial charge on any atom is -0.312 e. The van der Waals surface area contributed by atoms with Crippen LogP contribution in [0.2, 0.25) is 0 Å². The summed E-state index contributed by atoms with van der Waals surface area (Å²) in [4.78, 5) is 12.7. The monoisotopic (exact) mass is 335 g/mol. The van der Waals surface area contributed by atoms with Crippen LogP contribution in [0.15, 0.2) is 24.3 Å². The Morgan fingerprint density at radius 1 is 1.33 bits per heavy atom. The second-order valence-electron chi connectivity index (χ2n) is 5.18. The van der Waals surface area contributed by atoms with Gasteiger partial charge in [-0.15, -0.1) is 24.8 Å². The molecule has 1 aliphatic rings. The van der Waals surface area contributed by atoms with Gasteiger partial charge in [0.25, 0.3) is 5.69 Å². The van der Waals surface area contributed by atoms with Gasteiger partial charge < -0.3 is 10.2 Å². The minimum absolute atomic E-state index is 0. The second kappa shape index (κ2) is 9.95. The maximum absolute atomic E-state index is 10.6. The van der Waals surface area contributed by atoms with Crippen molar-refractivity contribution >= 4 is 30.5 Å². The van der Waals surface area contributed by atoms with E-state index in [1.807, 2.05) is 12.1 Å². The van der Waals surface area contributed by atoms with Crippen molar-refractivity contribution in [2.75, 3.05) is 26.2 Å². The molecule has 1 unspecified atom stereocenters. The Morgan fingerprint density at radius 3 is 2.57 bits per heavy atom. The molecule has 1 heterocycles. The molecule has 0 spiro atoms. The summed E-state index contributed by atoms with van der Waals surface area (Å²) in [6.07, 6.45) is 2.08. The molecule has 2 rings (SSSR count). The van der Waals surface area contributed by atoms with Crippen LogP contribution in [-0.4, -0.2) is 42.0 Å². The molecule has 1 aliphatic heterocycles. The average Bonchev–Trinajstić information content (AvgIpc) is 2.39. The number of hydrogen-bond acceptors (Lipinski definition) is 4. The van der Waals surface area contributed by atoms with E-state index in [4.69, 9.17) is 0 Å². The molecule has 5 nitrogen and oxygen atoms in total. The molecule has 0 saturated carbocycles. The smallest absolute Gasteiger partial charge is 0.269 e. The molecule has 1 atom stereocenters. The predicted octanol–water partition coefficient (Wildman–Crippen LogP) is 2.66. The molecule has 0 aromatic heterocycles. The lowest BCUT2D eigenvalue weighted by molar-refractivity contribution is -0.384. The molecule has 1 saturated heterocycles. The molecule has 1 aromatic rings. The highest BCUT2D eigenvalue weighted by Gasteiger charge is 2.14. The number of aryl methyl sites for hydroxylation is 1. The van der Waals surface area contributed by atoms with Crippen LogP contribution in [0.5, 0.6) is 0 Å². The Balaban J connectivity index is 0.00000200. The lowest BCUT2D eigenvalue weighted by atomic mass is 10.1. The molecule has 0 bridgehead atoms. The summed E-state index contributed by atoms with van der Waals surface area (Å²) in [5, 5.41) is 14.0. The van der Waals surface area contributed by atoms with Crippen molar-refractivity contribution in [1.29, 1.82) is 0 Å². The Kier molecular flexibility index (Phi) is 9.53. The molecule has 1 aromatic carbocycles. The SMILES string of the molecule is CC1CN(CCCc2ccc([N+](=O)[O-])cc2)CCN1.Cl.Cl.